The zero-order valence-electron chi connectivity index (χ0n) is 18.8. The van der Waals surface area contributed by atoms with Gasteiger partial charge in [0.25, 0.3) is 0 Å². The lowest BCUT2D eigenvalue weighted by atomic mass is 9.78. The maximum atomic E-state index is 6.10. The molecule has 0 saturated carbocycles. The standard InChI is InChI=1S/C21H39N5O.HI/c1-8-17-16(18(9-2)26(7)25-17)14-24-20(22-6)23-13-15-11-10-12-27-19(15)21(3,4)5;/h15,19H,8-14H2,1-7H3,(H2,22,23,24);1H. The van der Waals surface area contributed by atoms with Gasteiger partial charge in [0.2, 0.25) is 0 Å². The third-order valence-electron chi connectivity index (χ3n) is 5.51. The summed E-state index contributed by atoms with van der Waals surface area (Å²) in [7, 11) is 3.86. The molecule has 1 aromatic rings. The summed E-state index contributed by atoms with van der Waals surface area (Å²) in [6.45, 7) is 13.7. The van der Waals surface area contributed by atoms with E-state index in [1.54, 1.807) is 0 Å². The Bertz CT molecular complexity index is 635. The van der Waals surface area contributed by atoms with Crippen molar-refractivity contribution in [1.82, 2.24) is 20.4 Å². The van der Waals surface area contributed by atoms with Crippen LogP contribution in [-0.4, -0.2) is 42.0 Å². The molecule has 0 radical (unpaired) electrons. The molecule has 0 bridgehead atoms. The summed E-state index contributed by atoms with van der Waals surface area (Å²) in [5, 5.41) is 11.7. The summed E-state index contributed by atoms with van der Waals surface area (Å²) in [6, 6.07) is 0. The van der Waals surface area contributed by atoms with Gasteiger partial charge in [-0.05, 0) is 31.1 Å². The lowest BCUT2D eigenvalue weighted by Gasteiger charge is -2.40. The highest BCUT2D eigenvalue weighted by molar-refractivity contribution is 14.0. The van der Waals surface area contributed by atoms with E-state index in [0.717, 1.165) is 44.9 Å². The molecule has 0 spiro atoms. The van der Waals surface area contributed by atoms with Crippen molar-refractivity contribution < 1.29 is 4.74 Å². The average molecular weight is 505 g/mol. The van der Waals surface area contributed by atoms with Crippen molar-refractivity contribution in [2.24, 2.45) is 23.4 Å². The number of hydrogen-bond acceptors (Lipinski definition) is 3. The minimum atomic E-state index is 0. The fourth-order valence-electron chi connectivity index (χ4n) is 4.22. The Hall–Kier alpha value is -0.830. The first-order valence-corrected chi connectivity index (χ1v) is 10.4. The third-order valence-corrected chi connectivity index (χ3v) is 5.51. The number of aryl methyl sites for hydroxylation is 2. The predicted octanol–water partition coefficient (Wildman–Crippen LogP) is 3.67. The fourth-order valence-corrected chi connectivity index (χ4v) is 4.22. The molecule has 0 amide bonds. The van der Waals surface area contributed by atoms with Crippen molar-refractivity contribution in [1.29, 1.82) is 0 Å². The molecule has 2 heterocycles. The van der Waals surface area contributed by atoms with Crippen molar-refractivity contribution in [2.45, 2.75) is 73.0 Å². The molecule has 28 heavy (non-hydrogen) atoms. The molecule has 0 aromatic carbocycles. The highest BCUT2D eigenvalue weighted by atomic mass is 127. The van der Waals surface area contributed by atoms with Crippen LogP contribution in [0.5, 0.6) is 0 Å². The Morgan fingerprint density at radius 2 is 1.96 bits per heavy atom. The van der Waals surface area contributed by atoms with Gasteiger partial charge in [0.1, 0.15) is 0 Å². The summed E-state index contributed by atoms with van der Waals surface area (Å²) in [5.41, 5.74) is 3.93. The van der Waals surface area contributed by atoms with Crippen LogP contribution in [-0.2, 0) is 31.2 Å². The van der Waals surface area contributed by atoms with Crippen LogP contribution >= 0.6 is 24.0 Å². The minimum absolute atomic E-state index is 0. The van der Waals surface area contributed by atoms with Gasteiger partial charge in [-0.15, -0.1) is 24.0 Å². The molecule has 1 aliphatic rings. The Kier molecular flexibility index (Phi) is 10.2. The fraction of sp³-hybridized carbons (Fsp3) is 0.810. The monoisotopic (exact) mass is 505 g/mol. The number of nitrogens with zero attached hydrogens (tertiary/aromatic N) is 3. The van der Waals surface area contributed by atoms with Crippen molar-refractivity contribution in [3.63, 3.8) is 0 Å². The van der Waals surface area contributed by atoms with Gasteiger partial charge in [0.15, 0.2) is 5.96 Å². The number of aromatic nitrogens is 2. The van der Waals surface area contributed by atoms with Gasteiger partial charge in [-0.2, -0.15) is 5.10 Å². The number of aliphatic imine (C=N–C) groups is 1. The Labute approximate surface area is 188 Å². The number of guanidine groups is 1. The van der Waals surface area contributed by atoms with E-state index in [9.17, 15) is 0 Å². The number of halogens is 1. The van der Waals surface area contributed by atoms with Crippen molar-refractivity contribution in [3.05, 3.63) is 17.0 Å². The molecule has 2 atom stereocenters. The molecule has 1 aromatic heterocycles. The normalized spacial score (nSPS) is 20.6. The van der Waals surface area contributed by atoms with Gasteiger partial charge in [0.05, 0.1) is 11.8 Å². The summed E-state index contributed by atoms with van der Waals surface area (Å²) < 4.78 is 8.12. The summed E-state index contributed by atoms with van der Waals surface area (Å²) in [5.74, 6) is 1.36. The number of hydrogen-bond donors (Lipinski definition) is 2. The molecule has 2 rings (SSSR count). The highest BCUT2D eigenvalue weighted by Crippen LogP contribution is 2.33. The first kappa shape index (κ1) is 25.2. The Morgan fingerprint density at radius 1 is 1.25 bits per heavy atom. The SMILES string of the molecule is CCc1nn(C)c(CC)c1CNC(=NC)NCC1CCCOC1C(C)(C)C.I. The van der Waals surface area contributed by atoms with Gasteiger partial charge in [0, 0.05) is 51.0 Å². The molecule has 7 heteroatoms. The van der Waals surface area contributed by atoms with E-state index in [2.05, 4.69) is 55.3 Å². The van der Waals surface area contributed by atoms with E-state index >= 15 is 0 Å². The van der Waals surface area contributed by atoms with Crippen LogP contribution in [0.3, 0.4) is 0 Å². The smallest absolute Gasteiger partial charge is 0.191 e. The molecule has 1 aliphatic heterocycles. The maximum Gasteiger partial charge on any atom is 0.191 e. The van der Waals surface area contributed by atoms with E-state index < -0.39 is 0 Å². The zero-order chi connectivity index (χ0) is 20.0. The molecule has 2 N–H and O–H groups in total. The van der Waals surface area contributed by atoms with Crippen LogP contribution in [0.25, 0.3) is 0 Å². The average Bonchev–Trinajstić information content (AvgIpc) is 2.96. The van der Waals surface area contributed by atoms with Gasteiger partial charge in [-0.1, -0.05) is 34.6 Å². The van der Waals surface area contributed by atoms with Crippen molar-refractivity contribution >= 4 is 29.9 Å². The second kappa shape index (κ2) is 11.4. The first-order chi connectivity index (χ1) is 12.8. The predicted molar refractivity (Wildman–Crippen MR) is 127 cm³/mol. The molecule has 1 saturated heterocycles. The molecular formula is C21H40IN5O. The van der Waals surface area contributed by atoms with Crippen LogP contribution in [0, 0.1) is 11.3 Å². The lowest BCUT2D eigenvalue weighted by Crippen LogP contribution is -2.47. The molecule has 6 nitrogen and oxygen atoms in total. The summed E-state index contributed by atoms with van der Waals surface area (Å²) in [4.78, 5) is 4.42. The highest BCUT2D eigenvalue weighted by Gasteiger charge is 2.35. The minimum Gasteiger partial charge on any atom is -0.377 e. The van der Waals surface area contributed by atoms with Gasteiger partial charge >= 0.3 is 0 Å². The Balaban J connectivity index is 0.00000392. The topological polar surface area (TPSA) is 63.5 Å². The molecular weight excluding hydrogens is 465 g/mol. The molecule has 2 unspecified atom stereocenters. The van der Waals surface area contributed by atoms with Gasteiger partial charge < -0.3 is 15.4 Å². The van der Waals surface area contributed by atoms with Crippen LogP contribution < -0.4 is 10.6 Å². The summed E-state index contributed by atoms with van der Waals surface area (Å²) >= 11 is 0. The Morgan fingerprint density at radius 3 is 2.54 bits per heavy atom. The zero-order valence-corrected chi connectivity index (χ0v) is 21.1. The largest absolute Gasteiger partial charge is 0.377 e. The van der Waals surface area contributed by atoms with Crippen molar-refractivity contribution in [3.8, 4) is 0 Å². The quantitative estimate of drug-likeness (QED) is 0.352. The number of nitrogens with one attached hydrogen (secondary N) is 2. The summed E-state index contributed by atoms with van der Waals surface area (Å²) in [6.07, 6.45) is 4.56. The first-order valence-electron chi connectivity index (χ1n) is 10.4. The van der Waals surface area contributed by atoms with E-state index in [1.165, 1.54) is 23.4 Å². The van der Waals surface area contributed by atoms with E-state index in [4.69, 9.17) is 4.74 Å². The van der Waals surface area contributed by atoms with Crippen LogP contribution in [0.1, 0.15) is 64.4 Å². The van der Waals surface area contributed by atoms with E-state index in [0.29, 0.717) is 5.92 Å². The molecule has 0 aliphatic carbocycles. The third kappa shape index (κ3) is 6.34. The second-order valence-corrected chi connectivity index (χ2v) is 8.57. The van der Waals surface area contributed by atoms with Crippen LogP contribution in [0.2, 0.25) is 0 Å². The van der Waals surface area contributed by atoms with Gasteiger partial charge in [-0.25, -0.2) is 0 Å². The number of ether oxygens (including phenoxy) is 1. The molecule has 1 fully saturated rings. The van der Waals surface area contributed by atoms with Crippen LogP contribution in [0.15, 0.2) is 4.99 Å². The maximum absolute atomic E-state index is 6.10. The van der Waals surface area contributed by atoms with Gasteiger partial charge in [-0.3, -0.25) is 9.67 Å². The number of rotatable bonds is 6. The van der Waals surface area contributed by atoms with E-state index in [1.807, 2.05) is 18.8 Å². The lowest BCUT2D eigenvalue weighted by molar-refractivity contribution is -0.0835. The van der Waals surface area contributed by atoms with E-state index in [-0.39, 0.29) is 35.5 Å². The molecule has 162 valence electrons. The van der Waals surface area contributed by atoms with Crippen molar-refractivity contribution in [2.75, 3.05) is 20.2 Å². The van der Waals surface area contributed by atoms with Crippen LogP contribution in [0.4, 0.5) is 0 Å². The second-order valence-electron chi connectivity index (χ2n) is 8.57.